The average molecular weight is 665 g/mol. The van der Waals surface area contributed by atoms with Crippen molar-refractivity contribution in [3.63, 3.8) is 0 Å². The van der Waals surface area contributed by atoms with Gasteiger partial charge in [0.05, 0.1) is 19.1 Å². The molecule has 230 valence electrons. The first kappa shape index (κ1) is 30.2. The lowest BCUT2D eigenvalue weighted by molar-refractivity contribution is -0.160. The summed E-state index contributed by atoms with van der Waals surface area (Å²) in [6.45, 7) is 0.0868. The second-order valence-electron chi connectivity index (χ2n) is 11.4. The number of likely N-dealkylation sites (tertiary alicyclic amines) is 1. The average Bonchev–Trinajstić information content (AvgIpc) is 3.62. The maximum absolute atomic E-state index is 14.5. The van der Waals surface area contributed by atoms with Gasteiger partial charge in [0.15, 0.2) is 0 Å². The molecule has 2 fully saturated rings. The number of fused-ring (bicyclic) bond motifs is 2. The lowest BCUT2D eigenvalue weighted by atomic mass is 9.74. The lowest BCUT2D eigenvalue weighted by Gasteiger charge is -2.35. The molecule has 11 heteroatoms. The van der Waals surface area contributed by atoms with Crippen LogP contribution in [0.15, 0.2) is 83.4 Å². The molecule has 6 atom stereocenters. The van der Waals surface area contributed by atoms with Crippen LogP contribution in [0.25, 0.3) is 0 Å². The van der Waals surface area contributed by atoms with Gasteiger partial charge in [0.25, 0.3) is 0 Å². The van der Waals surface area contributed by atoms with Crippen LogP contribution in [0.2, 0.25) is 0 Å². The number of aliphatic hydroxyl groups excluding tert-OH is 1. The number of hydrogen-bond acceptors (Lipinski definition) is 7. The third-order valence-corrected chi connectivity index (χ3v) is 9.43. The summed E-state index contributed by atoms with van der Waals surface area (Å²) in [4.78, 5) is 58.4. The van der Waals surface area contributed by atoms with Gasteiger partial charge in [-0.2, -0.15) is 0 Å². The van der Waals surface area contributed by atoms with Crippen LogP contribution in [0.1, 0.15) is 30.1 Å². The standard InChI is InChI=1S/C33H34BrN3O7/c34-23-18-33-27-26(28(23)44-33)32(42)43-24(22-12-6-2-7-13-22)19-35-25(39)14-8-3-9-15-36(20-21-10-4-1-5-11-21)31(41)29(33)37(16-17-38)30(27)40/h1-7,9-13,18,24,26-29,38H,8,14-17,19-20H2,(H,35,39)/b9-3-/t24-,26-,27+,28-,29-,33+/m1/s1. The number of hydrogen-bond donors (Lipinski definition) is 2. The smallest absolute Gasteiger partial charge is 0.313 e. The van der Waals surface area contributed by atoms with Crippen molar-refractivity contribution >= 4 is 39.6 Å². The number of β-amino-alcohol motifs (C(OH)–C–C–N with tert-alkyl or cyclic N) is 1. The van der Waals surface area contributed by atoms with Crippen molar-refractivity contribution in [2.45, 2.75) is 43.2 Å². The number of esters is 1. The van der Waals surface area contributed by atoms with E-state index < -0.39 is 47.6 Å². The van der Waals surface area contributed by atoms with Crippen molar-refractivity contribution in [1.29, 1.82) is 0 Å². The van der Waals surface area contributed by atoms with Crippen molar-refractivity contribution in [3.05, 3.63) is 94.5 Å². The van der Waals surface area contributed by atoms with Crippen molar-refractivity contribution in [2.24, 2.45) is 11.8 Å². The third kappa shape index (κ3) is 5.48. The number of amides is 3. The summed E-state index contributed by atoms with van der Waals surface area (Å²) in [5.74, 6) is -3.74. The molecule has 2 aromatic rings. The summed E-state index contributed by atoms with van der Waals surface area (Å²) in [5.41, 5.74) is 0.157. The zero-order chi connectivity index (χ0) is 30.8. The molecule has 3 amide bonds. The highest BCUT2D eigenvalue weighted by Gasteiger charge is 2.74. The molecule has 44 heavy (non-hydrogen) atoms. The highest BCUT2D eigenvalue weighted by atomic mass is 79.9. The number of aliphatic hydroxyl groups is 1. The normalized spacial score (nSPS) is 31.4. The summed E-state index contributed by atoms with van der Waals surface area (Å²) >= 11 is 3.55. The molecular weight excluding hydrogens is 630 g/mol. The van der Waals surface area contributed by atoms with Gasteiger partial charge in [0.2, 0.25) is 17.7 Å². The van der Waals surface area contributed by atoms with E-state index in [4.69, 9.17) is 9.47 Å². The second kappa shape index (κ2) is 12.7. The van der Waals surface area contributed by atoms with E-state index in [-0.39, 0.29) is 51.0 Å². The third-order valence-electron chi connectivity index (χ3n) is 8.75. The predicted octanol–water partition coefficient (Wildman–Crippen LogP) is 2.63. The largest absolute Gasteiger partial charge is 0.455 e. The van der Waals surface area contributed by atoms with E-state index in [0.717, 1.165) is 5.56 Å². The van der Waals surface area contributed by atoms with Crippen LogP contribution in [-0.2, 0) is 35.2 Å². The minimum atomic E-state index is -1.43. The van der Waals surface area contributed by atoms with Crippen LogP contribution < -0.4 is 5.32 Å². The van der Waals surface area contributed by atoms with Crippen LogP contribution >= 0.6 is 15.9 Å². The molecule has 0 unspecified atom stereocenters. The molecule has 0 aliphatic carbocycles. The van der Waals surface area contributed by atoms with E-state index in [1.54, 1.807) is 11.0 Å². The molecule has 2 N–H and O–H groups in total. The number of ether oxygens (including phenoxy) is 2. The van der Waals surface area contributed by atoms with Gasteiger partial charge in [-0.25, -0.2) is 0 Å². The lowest BCUT2D eigenvalue weighted by Crippen LogP contribution is -2.56. The number of rotatable bonds is 5. The number of allylic oxidation sites excluding steroid dienone is 1. The van der Waals surface area contributed by atoms with Crippen LogP contribution in [-0.4, -0.2) is 82.6 Å². The highest BCUT2D eigenvalue weighted by Crippen LogP contribution is 2.59. The number of carbonyl (C=O) groups excluding carboxylic acids is 4. The van der Waals surface area contributed by atoms with Crippen molar-refractivity contribution in [3.8, 4) is 0 Å². The predicted molar refractivity (Wildman–Crippen MR) is 163 cm³/mol. The number of carbonyl (C=O) groups is 4. The SMILES string of the molecule is O=C1CC/C=C\CN(Cc2ccccc2)C(=O)[C@H]2N(CCO)C(=O)[C@@H]3[C@@H](C(=O)O[C@@H](c4ccccc4)CN1)[C@@H]1O[C@@]32C=C1Br. The number of halogens is 1. The van der Waals surface area contributed by atoms with Crippen LogP contribution in [0, 0.1) is 11.8 Å². The van der Waals surface area contributed by atoms with E-state index in [9.17, 15) is 24.3 Å². The number of benzene rings is 2. The van der Waals surface area contributed by atoms with Gasteiger partial charge < -0.3 is 29.7 Å². The van der Waals surface area contributed by atoms with E-state index in [1.165, 1.54) is 4.90 Å². The van der Waals surface area contributed by atoms with Gasteiger partial charge in [-0.15, -0.1) is 0 Å². The van der Waals surface area contributed by atoms with Crippen molar-refractivity contribution < 1.29 is 33.8 Å². The Balaban J connectivity index is 1.41. The van der Waals surface area contributed by atoms with E-state index in [0.29, 0.717) is 16.5 Å². The first-order valence-electron chi connectivity index (χ1n) is 14.8. The minimum absolute atomic E-state index is 0.0555. The zero-order valence-electron chi connectivity index (χ0n) is 24.0. The topological polar surface area (TPSA) is 125 Å². The number of cyclic esters (lactones) is 1. The Kier molecular flexibility index (Phi) is 8.70. The van der Waals surface area contributed by atoms with Gasteiger partial charge in [0, 0.05) is 30.5 Å². The molecule has 4 aliphatic rings. The highest BCUT2D eigenvalue weighted by molar-refractivity contribution is 9.11. The van der Waals surface area contributed by atoms with Crippen LogP contribution in [0.5, 0.6) is 0 Å². The molecule has 1 spiro atoms. The fourth-order valence-corrected chi connectivity index (χ4v) is 7.50. The quantitative estimate of drug-likeness (QED) is 0.372. The van der Waals surface area contributed by atoms with Crippen LogP contribution in [0.3, 0.4) is 0 Å². The van der Waals surface area contributed by atoms with Gasteiger partial charge in [0.1, 0.15) is 29.8 Å². The molecule has 5 bridgehead atoms. The zero-order valence-corrected chi connectivity index (χ0v) is 25.6. The Hall–Kier alpha value is -3.80. The summed E-state index contributed by atoms with van der Waals surface area (Å²) in [6, 6.07) is 17.5. The molecule has 2 saturated heterocycles. The Labute approximate surface area is 263 Å². The van der Waals surface area contributed by atoms with E-state index >= 15 is 0 Å². The molecule has 2 aromatic carbocycles. The van der Waals surface area contributed by atoms with Gasteiger partial charge in [-0.1, -0.05) is 88.7 Å². The number of nitrogens with one attached hydrogen (secondary N) is 1. The van der Waals surface area contributed by atoms with Gasteiger partial charge >= 0.3 is 5.97 Å². The first-order chi connectivity index (χ1) is 21.3. The minimum Gasteiger partial charge on any atom is -0.455 e. The Morgan fingerprint density at radius 2 is 1.70 bits per heavy atom. The Morgan fingerprint density at radius 1 is 0.977 bits per heavy atom. The summed E-state index contributed by atoms with van der Waals surface area (Å²) in [5, 5.41) is 12.8. The fourth-order valence-electron chi connectivity index (χ4n) is 6.77. The maximum Gasteiger partial charge on any atom is 0.313 e. The summed E-state index contributed by atoms with van der Waals surface area (Å²) in [7, 11) is 0. The van der Waals surface area contributed by atoms with E-state index in [1.807, 2.05) is 72.8 Å². The molecule has 6 rings (SSSR count). The number of nitrogens with zero attached hydrogens (tertiary/aromatic N) is 2. The summed E-state index contributed by atoms with van der Waals surface area (Å²) in [6.07, 6.45) is 4.48. The Morgan fingerprint density at radius 3 is 2.43 bits per heavy atom. The molecule has 0 aromatic heterocycles. The fraction of sp³-hybridized carbons (Fsp3) is 0.394. The van der Waals surface area contributed by atoms with E-state index in [2.05, 4.69) is 21.2 Å². The van der Waals surface area contributed by atoms with Gasteiger partial charge in [-0.05, 0) is 23.6 Å². The molecule has 0 saturated carbocycles. The molecular formula is C33H34BrN3O7. The molecule has 4 heterocycles. The van der Waals surface area contributed by atoms with Gasteiger partial charge in [-0.3, -0.25) is 19.2 Å². The monoisotopic (exact) mass is 663 g/mol. The second-order valence-corrected chi connectivity index (χ2v) is 12.4. The van der Waals surface area contributed by atoms with Crippen LogP contribution in [0.4, 0.5) is 0 Å². The first-order valence-corrected chi connectivity index (χ1v) is 15.6. The molecule has 0 radical (unpaired) electrons. The van der Waals surface area contributed by atoms with Crippen molar-refractivity contribution in [2.75, 3.05) is 26.2 Å². The molecule has 4 aliphatic heterocycles. The Bertz CT molecular complexity index is 1480. The molecule has 10 nitrogen and oxygen atoms in total. The summed E-state index contributed by atoms with van der Waals surface area (Å²) < 4.78 is 13.1. The van der Waals surface area contributed by atoms with Crippen molar-refractivity contribution in [1.82, 2.24) is 15.1 Å². The maximum atomic E-state index is 14.5.